The molecule has 2 fully saturated rings. The molecule has 4 aromatic rings. The summed E-state index contributed by atoms with van der Waals surface area (Å²) >= 11 is 0. The normalized spacial score (nSPS) is 19.2. The fourth-order valence-corrected chi connectivity index (χ4v) is 4.85. The predicted molar refractivity (Wildman–Crippen MR) is 127 cm³/mol. The molecule has 2 atom stereocenters. The number of hydrogen-bond acceptors (Lipinski definition) is 6. The average molecular weight is 490 g/mol. The van der Waals surface area contributed by atoms with E-state index in [0.29, 0.717) is 24.7 Å². The van der Waals surface area contributed by atoms with Crippen molar-refractivity contribution in [1.29, 1.82) is 0 Å². The van der Waals surface area contributed by atoms with Crippen molar-refractivity contribution in [3.8, 4) is 17.4 Å². The smallest absolute Gasteiger partial charge is 0.197 e. The molecule has 182 valence electrons. The van der Waals surface area contributed by atoms with Crippen LogP contribution in [0.25, 0.3) is 11.6 Å². The van der Waals surface area contributed by atoms with E-state index < -0.39 is 17.5 Å². The largest absolute Gasteiger partial charge is 0.494 e. The lowest BCUT2D eigenvalue weighted by Crippen LogP contribution is -2.45. The Morgan fingerprint density at radius 2 is 1.50 bits per heavy atom. The summed E-state index contributed by atoms with van der Waals surface area (Å²) in [6.45, 7) is 1.03. The van der Waals surface area contributed by atoms with E-state index >= 15 is 0 Å². The summed E-state index contributed by atoms with van der Waals surface area (Å²) in [7, 11) is 1.42. The van der Waals surface area contributed by atoms with Crippen LogP contribution in [0.4, 0.5) is 18.9 Å². The number of nitrogens with zero attached hydrogens (tertiary/aromatic N) is 5. The lowest BCUT2D eigenvalue weighted by Gasteiger charge is -2.41. The van der Waals surface area contributed by atoms with E-state index in [2.05, 4.69) is 19.9 Å². The maximum absolute atomic E-state index is 14.7. The molecule has 36 heavy (non-hydrogen) atoms. The molecule has 6 rings (SSSR count). The Bertz CT molecular complexity index is 1410. The van der Waals surface area contributed by atoms with E-state index in [1.54, 1.807) is 49.1 Å². The summed E-state index contributed by atoms with van der Waals surface area (Å²) in [5.41, 5.74) is 2.87. The van der Waals surface area contributed by atoms with Crippen molar-refractivity contribution in [2.75, 3.05) is 25.1 Å². The highest BCUT2D eigenvalue weighted by atomic mass is 19.2. The Kier molecular flexibility index (Phi) is 5.55. The molecule has 0 bridgehead atoms. The fourth-order valence-electron chi connectivity index (χ4n) is 4.85. The van der Waals surface area contributed by atoms with Crippen LogP contribution in [0.1, 0.15) is 40.9 Å². The van der Waals surface area contributed by atoms with E-state index in [0.717, 1.165) is 23.1 Å². The Labute approximate surface area is 205 Å². The minimum absolute atomic E-state index is 0.0692. The summed E-state index contributed by atoms with van der Waals surface area (Å²) in [6.07, 6.45) is 7.58. The van der Waals surface area contributed by atoms with Crippen LogP contribution in [0.5, 0.6) is 5.75 Å². The highest BCUT2D eigenvalue weighted by Crippen LogP contribution is 2.55. The zero-order valence-electron chi connectivity index (χ0n) is 19.4. The van der Waals surface area contributed by atoms with Gasteiger partial charge in [0.2, 0.25) is 0 Å². The molecule has 2 aromatic heterocycles. The van der Waals surface area contributed by atoms with Crippen molar-refractivity contribution in [3.05, 3.63) is 95.3 Å². The van der Waals surface area contributed by atoms with Crippen LogP contribution in [-0.4, -0.2) is 40.1 Å². The first kappa shape index (κ1) is 22.5. The van der Waals surface area contributed by atoms with E-state index in [-0.39, 0.29) is 29.2 Å². The SMILES string of the molecule is COc1cc(C2CN(c3cc(C4CC4c4cnc(-c5ncccn5)nc4)cc(F)c3F)C2)ccc1F. The highest BCUT2D eigenvalue weighted by molar-refractivity contribution is 5.56. The number of halogens is 3. The molecular weight excluding hydrogens is 467 g/mol. The van der Waals surface area contributed by atoms with Gasteiger partial charge in [-0.2, -0.15) is 0 Å². The first-order valence-electron chi connectivity index (χ1n) is 11.7. The number of anilines is 1. The summed E-state index contributed by atoms with van der Waals surface area (Å²) in [4.78, 5) is 18.9. The summed E-state index contributed by atoms with van der Waals surface area (Å²) in [5.74, 6) is -0.752. The van der Waals surface area contributed by atoms with E-state index in [9.17, 15) is 13.2 Å². The third-order valence-corrected chi connectivity index (χ3v) is 6.98. The minimum Gasteiger partial charge on any atom is -0.494 e. The highest BCUT2D eigenvalue weighted by Gasteiger charge is 2.41. The summed E-state index contributed by atoms with van der Waals surface area (Å²) < 4.78 is 48.1. The van der Waals surface area contributed by atoms with Crippen LogP contribution in [0.3, 0.4) is 0 Å². The Morgan fingerprint density at radius 3 is 2.22 bits per heavy atom. The van der Waals surface area contributed by atoms with Crippen molar-refractivity contribution in [2.45, 2.75) is 24.2 Å². The van der Waals surface area contributed by atoms with Crippen molar-refractivity contribution in [3.63, 3.8) is 0 Å². The number of benzene rings is 2. The zero-order chi connectivity index (χ0) is 24.8. The lowest BCUT2D eigenvalue weighted by atomic mass is 9.90. The first-order chi connectivity index (χ1) is 17.5. The van der Waals surface area contributed by atoms with Gasteiger partial charge in [-0.3, -0.25) is 0 Å². The maximum atomic E-state index is 14.7. The molecule has 9 heteroatoms. The Balaban J connectivity index is 1.17. The topological polar surface area (TPSA) is 64.0 Å². The number of rotatable bonds is 6. The predicted octanol–water partition coefficient (Wildman–Crippen LogP) is 5.23. The summed E-state index contributed by atoms with van der Waals surface area (Å²) in [6, 6.07) is 9.50. The Morgan fingerprint density at radius 1 is 0.806 bits per heavy atom. The second-order valence-electron chi connectivity index (χ2n) is 9.19. The second-order valence-corrected chi connectivity index (χ2v) is 9.19. The van der Waals surface area contributed by atoms with Gasteiger partial charge in [-0.05, 0) is 65.3 Å². The first-order valence-corrected chi connectivity index (χ1v) is 11.7. The zero-order valence-corrected chi connectivity index (χ0v) is 19.4. The van der Waals surface area contributed by atoms with Gasteiger partial charge in [0.05, 0.1) is 12.8 Å². The second kappa shape index (κ2) is 8.89. The van der Waals surface area contributed by atoms with Crippen molar-refractivity contribution in [1.82, 2.24) is 19.9 Å². The van der Waals surface area contributed by atoms with Crippen LogP contribution < -0.4 is 9.64 Å². The number of hydrogen-bond donors (Lipinski definition) is 0. The van der Waals surface area contributed by atoms with Gasteiger partial charge in [0, 0.05) is 43.8 Å². The number of aromatic nitrogens is 4. The molecule has 0 N–H and O–H groups in total. The van der Waals surface area contributed by atoms with Crippen LogP contribution >= 0.6 is 0 Å². The maximum Gasteiger partial charge on any atom is 0.197 e. The third kappa shape index (κ3) is 4.04. The standard InChI is InChI=1S/C27H22F3N5O/c1-36-24-9-15(3-4-21(24)28)18-13-35(14-18)23-8-16(7-22(29)25(23)30)19-10-20(19)17-11-33-27(34-12-17)26-31-5-2-6-32-26/h2-9,11-12,18-20H,10,13-14H2,1H3. The molecular formula is C27H22F3N5O. The van der Waals surface area contributed by atoms with Gasteiger partial charge in [-0.25, -0.2) is 33.1 Å². The molecule has 1 aliphatic carbocycles. The molecule has 2 aliphatic rings. The third-order valence-electron chi connectivity index (χ3n) is 6.98. The molecule has 3 heterocycles. The fraction of sp³-hybridized carbons (Fsp3) is 0.259. The molecule has 6 nitrogen and oxygen atoms in total. The lowest BCUT2D eigenvalue weighted by molar-refractivity contribution is 0.384. The van der Waals surface area contributed by atoms with Crippen molar-refractivity contribution < 1.29 is 17.9 Å². The van der Waals surface area contributed by atoms with Crippen LogP contribution in [0, 0.1) is 17.5 Å². The van der Waals surface area contributed by atoms with Gasteiger partial charge in [-0.15, -0.1) is 0 Å². The van der Waals surface area contributed by atoms with Crippen LogP contribution in [0.15, 0.2) is 61.2 Å². The molecule has 1 saturated carbocycles. The average Bonchev–Trinajstić information content (AvgIpc) is 3.68. The van der Waals surface area contributed by atoms with Crippen molar-refractivity contribution >= 4 is 5.69 Å². The van der Waals surface area contributed by atoms with Crippen LogP contribution in [0.2, 0.25) is 0 Å². The molecule has 1 saturated heterocycles. The molecule has 1 aliphatic heterocycles. The monoisotopic (exact) mass is 489 g/mol. The molecule has 2 unspecified atom stereocenters. The van der Waals surface area contributed by atoms with E-state index in [4.69, 9.17) is 4.74 Å². The summed E-state index contributed by atoms with van der Waals surface area (Å²) in [5, 5.41) is 0. The minimum atomic E-state index is -0.854. The van der Waals surface area contributed by atoms with Crippen molar-refractivity contribution in [2.24, 2.45) is 0 Å². The molecule has 0 spiro atoms. The van der Waals surface area contributed by atoms with E-state index in [1.165, 1.54) is 19.2 Å². The van der Waals surface area contributed by atoms with Gasteiger partial charge < -0.3 is 9.64 Å². The Hall–Kier alpha value is -4.01. The van der Waals surface area contributed by atoms with Gasteiger partial charge in [0.15, 0.2) is 34.8 Å². The quantitative estimate of drug-likeness (QED) is 0.369. The molecule has 0 amide bonds. The van der Waals surface area contributed by atoms with Crippen LogP contribution in [-0.2, 0) is 0 Å². The molecule has 2 aromatic carbocycles. The van der Waals surface area contributed by atoms with Gasteiger partial charge in [0.1, 0.15) is 0 Å². The molecule has 0 radical (unpaired) electrons. The number of methoxy groups -OCH3 is 1. The van der Waals surface area contributed by atoms with Gasteiger partial charge >= 0.3 is 0 Å². The van der Waals surface area contributed by atoms with Gasteiger partial charge in [-0.1, -0.05) is 6.07 Å². The van der Waals surface area contributed by atoms with Gasteiger partial charge in [0.25, 0.3) is 0 Å². The van der Waals surface area contributed by atoms with E-state index in [1.807, 2.05) is 4.90 Å². The number of ether oxygens (including phenoxy) is 1.